The molecule has 1 N–H and O–H groups in total. The van der Waals surface area contributed by atoms with Crippen molar-refractivity contribution in [1.82, 2.24) is 0 Å². The Morgan fingerprint density at radius 1 is 0.643 bits per heavy atom. The van der Waals surface area contributed by atoms with Gasteiger partial charge < -0.3 is 4.89 Å². The molecule has 0 heterocycles. The molecule has 2 heteroatoms. The molecule has 14 heavy (non-hydrogen) atoms. The first-order valence-electron chi connectivity index (χ1n) is 4.47. The second-order valence-corrected chi connectivity index (χ2v) is 4.64. The number of hydrogen-bond acceptors (Lipinski definition) is 1. The molecule has 0 aliphatic rings. The lowest BCUT2D eigenvalue weighted by Crippen LogP contribution is -2.09. The first kappa shape index (κ1) is 9.39. The van der Waals surface area contributed by atoms with E-state index in [9.17, 15) is 4.89 Å². The van der Waals surface area contributed by atoms with Crippen LogP contribution in [0.2, 0.25) is 0 Å². The number of hydrogen-bond donors (Lipinski definition) is 1. The number of benzene rings is 2. The van der Waals surface area contributed by atoms with Gasteiger partial charge in [-0.05, 0) is 0 Å². The highest BCUT2D eigenvalue weighted by molar-refractivity contribution is 7.67. The van der Waals surface area contributed by atoms with E-state index in [1.165, 1.54) is 0 Å². The summed E-state index contributed by atoms with van der Waals surface area (Å²) in [5.74, 6) is 0. The summed E-state index contributed by atoms with van der Waals surface area (Å²) in [7, 11) is -1.17. The monoisotopic (exact) mass is 202 g/mol. The maximum atomic E-state index is 10.1. The minimum Gasteiger partial charge on any atom is -0.364 e. The van der Waals surface area contributed by atoms with Crippen LogP contribution in [0.25, 0.3) is 0 Å². The van der Waals surface area contributed by atoms with Crippen molar-refractivity contribution in [2.24, 2.45) is 0 Å². The molecule has 0 radical (unpaired) electrons. The lowest BCUT2D eigenvalue weighted by atomic mass is 10.4. The molecular formula is C12H11OP. The zero-order valence-corrected chi connectivity index (χ0v) is 8.56. The van der Waals surface area contributed by atoms with Crippen LogP contribution in [-0.4, -0.2) is 4.89 Å². The van der Waals surface area contributed by atoms with Crippen molar-refractivity contribution in [3.05, 3.63) is 60.7 Å². The largest absolute Gasteiger partial charge is 0.364 e. The Labute approximate surface area is 84.9 Å². The number of rotatable bonds is 2. The van der Waals surface area contributed by atoms with Gasteiger partial charge >= 0.3 is 0 Å². The van der Waals surface area contributed by atoms with Crippen LogP contribution in [0.4, 0.5) is 0 Å². The fraction of sp³-hybridized carbons (Fsp3) is 0. The molecule has 1 nitrogen and oxygen atoms in total. The van der Waals surface area contributed by atoms with Crippen molar-refractivity contribution in [3.8, 4) is 0 Å². The van der Waals surface area contributed by atoms with Crippen LogP contribution in [0, 0.1) is 0 Å². The normalized spacial score (nSPS) is 10.4. The fourth-order valence-electron chi connectivity index (χ4n) is 1.29. The standard InChI is InChI=1S/C12H11OP/c13-14(11-7-3-1-4-8-11)12-9-5-2-6-10-12/h1-10,13H. The lowest BCUT2D eigenvalue weighted by molar-refractivity contribution is 0.644. The lowest BCUT2D eigenvalue weighted by Gasteiger charge is -2.09. The van der Waals surface area contributed by atoms with E-state index in [0.717, 1.165) is 10.6 Å². The molecule has 70 valence electrons. The predicted octanol–water partition coefficient (Wildman–Crippen LogP) is 2.03. The molecule has 0 fully saturated rings. The van der Waals surface area contributed by atoms with Gasteiger partial charge in [-0.1, -0.05) is 60.7 Å². The molecule has 0 bridgehead atoms. The van der Waals surface area contributed by atoms with Crippen LogP contribution < -0.4 is 10.6 Å². The Morgan fingerprint density at radius 3 is 1.36 bits per heavy atom. The van der Waals surface area contributed by atoms with E-state index in [-0.39, 0.29) is 0 Å². The Morgan fingerprint density at radius 2 is 1.00 bits per heavy atom. The molecule has 2 rings (SSSR count). The van der Waals surface area contributed by atoms with Gasteiger partial charge in [-0.2, -0.15) is 0 Å². The summed E-state index contributed by atoms with van der Waals surface area (Å²) in [6, 6.07) is 19.5. The minimum absolute atomic E-state index is 0.994. The quantitative estimate of drug-likeness (QED) is 0.739. The molecule has 0 unspecified atom stereocenters. The highest BCUT2D eigenvalue weighted by atomic mass is 31.1. The average Bonchev–Trinajstić information content (AvgIpc) is 2.30. The second-order valence-electron chi connectivity index (χ2n) is 2.98. The molecule has 2 aromatic carbocycles. The molecule has 0 saturated heterocycles. The zero-order chi connectivity index (χ0) is 9.80. The van der Waals surface area contributed by atoms with Crippen molar-refractivity contribution in [2.45, 2.75) is 0 Å². The van der Waals surface area contributed by atoms with E-state index in [0.29, 0.717) is 0 Å². The van der Waals surface area contributed by atoms with E-state index in [1.54, 1.807) is 0 Å². The van der Waals surface area contributed by atoms with Gasteiger partial charge in [0, 0.05) is 10.6 Å². The van der Waals surface area contributed by atoms with Gasteiger partial charge in [0.05, 0.1) is 8.15 Å². The summed E-state index contributed by atoms with van der Waals surface area (Å²) in [6.07, 6.45) is 0. The third-order valence-corrected chi connectivity index (χ3v) is 3.58. The van der Waals surface area contributed by atoms with Gasteiger partial charge in [0.25, 0.3) is 0 Å². The SMILES string of the molecule is OP(c1ccccc1)c1ccccc1. The summed E-state index contributed by atoms with van der Waals surface area (Å²) in [5, 5.41) is 1.99. The summed E-state index contributed by atoms with van der Waals surface area (Å²) < 4.78 is 0. The van der Waals surface area contributed by atoms with Crippen LogP contribution in [0.5, 0.6) is 0 Å². The Bertz CT molecular complexity index is 346. The van der Waals surface area contributed by atoms with Gasteiger partial charge in [0.1, 0.15) is 0 Å². The molecule has 0 spiro atoms. The Balaban J connectivity index is 2.30. The summed E-state index contributed by atoms with van der Waals surface area (Å²) in [6.45, 7) is 0. The van der Waals surface area contributed by atoms with E-state index in [2.05, 4.69) is 0 Å². The Kier molecular flexibility index (Phi) is 2.93. The maximum absolute atomic E-state index is 10.1. The van der Waals surface area contributed by atoms with Crippen LogP contribution in [0.15, 0.2) is 60.7 Å². The molecule has 2 aromatic rings. The molecule has 0 amide bonds. The van der Waals surface area contributed by atoms with E-state index >= 15 is 0 Å². The smallest absolute Gasteiger partial charge is 0.0877 e. The van der Waals surface area contributed by atoms with Gasteiger partial charge in [0.2, 0.25) is 0 Å². The van der Waals surface area contributed by atoms with Crippen molar-refractivity contribution in [2.75, 3.05) is 0 Å². The van der Waals surface area contributed by atoms with Crippen molar-refractivity contribution in [1.29, 1.82) is 0 Å². The summed E-state index contributed by atoms with van der Waals surface area (Å²) in [5.41, 5.74) is 0. The van der Waals surface area contributed by atoms with Gasteiger partial charge in [-0.3, -0.25) is 0 Å². The Hall–Kier alpha value is -1.17. The molecule has 0 saturated carbocycles. The van der Waals surface area contributed by atoms with Crippen LogP contribution in [0.3, 0.4) is 0 Å². The molecule has 0 aliphatic heterocycles. The molecule has 0 aromatic heterocycles. The highest BCUT2D eigenvalue weighted by Crippen LogP contribution is 2.26. The predicted molar refractivity (Wildman–Crippen MR) is 61.3 cm³/mol. The van der Waals surface area contributed by atoms with Gasteiger partial charge in [-0.15, -0.1) is 0 Å². The molecular weight excluding hydrogens is 191 g/mol. The summed E-state index contributed by atoms with van der Waals surface area (Å²) in [4.78, 5) is 10.1. The fourth-order valence-corrected chi connectivity index (χ4v) is 2.49. The van der Waals surface area contributed by atoms with Gasteiger partial charge in [0.15, 0.2) is 0 Å². The van der Waals surface area contributed by atoms with E-state index in [1.807, 2.05) is 60.7 Å². The van der Waals surface area contributed by atoms with Crippen molar-refractivity contribution in [3.63, 3.8) is 0 Å². The molecule has 0 atom stereocenters. The zero-order valence-electron chi connectivity index (χ0n) is 7.67. The van der Waals surface area contributed by atoms with Crippen molar-refractivity contribution >= 4 is 18.8 Å². The topological polar surface area (TPSA) is 20.2 Å². The van der Waals surface area contributed by atoms with Crippen LogP contribution >= 0.6 is 8.15 Å². The second kappa shape index (κ2) is 4.36. The van der Waals surface area contributed by atoms with E-state index < -0.39 is 8.15 Å². The minimum atomic E-state index is -1.17. The third kappa shape index (κ3) is 2.01. The van der Waals surface area contributed by atoms with Crippen LogP contribution in [0.1, 0.15) is 0 Å². The first-order valence-corrected chi connectivity index (χ1v) is 5.76. The van der Waals surface area contributed by atoms with Crippen molar-refractivity contribution < 1.29 is 4.89 Å². The van der Waals surface area contributed by atoms with Gasteiger partial charge in [-0.25, -0.2) is 0 Å². The first-order chi connectivity index (χ1) is 6.88. The van der Waals surface area contributed by atoms with Crippen LogP contribution in [-0.2, 0) is 0 Å². The maximum Gasteiger partial charge on any atom is 0.0877 e. The molecule has 0 aliphatic carbocycles. The highest BCUT2D eigenvalue weighted by Gasteiger charge is 2.08. The average molecular weight is 202 g/mol. The summed E-state index contributed by atoms with van der Waals surface area (Å²) >= 11 is 0. The van der Waals surface area contributed by atoms with E-state index in [4.69, 9.17) is 0 Å². The third-order valence-electron chi connectivity index (χ3n) is 2.00.